The van der Waals surface area contributed by atoms with Crippen molar-refractivity contribution in [2.45, 2.75) is 12.3 Å². The lowest BCUT2D eigenvalue weighted by Crippen LogP contribution is -2.10. The van der Waals surface area contributed by atoms with Crippen molar-refractivity contribution in [3.8, 4) is 0 Å². The number of para-hydroxylation sites is 1. The van der Waals surface area contributed by atoms with E-state index in [2.05, 4.69) is 9.98 Å². The van der Waals surface area contributed by atoms with Crippen LogP contribution in [-0.4, -0.2) is 11.2 Å². The van der Waals surface area contributed by atoms with Gasteiger partial charge < -0.3 is 0 Å². The van der Waals surface area contributed by atoms with Crippen molar-refractivity contribution >= 4 is 22.8 Å². The van der Waals surface area contributed by atoms with Gasteiger partial charge >= 0.3 is 0 Å². The molecule has 1 aromatic heterocycles. The molecular weight excluding hydrogens is 301 g/mol. The average Bonchev–Trinajstić information content (AvgIpc) is 2.59. The van der Waals surface area contributed by atoms with Gasteiger partial charge in [0.2, 0.25) is 0 Å². The molecule has 0 aliphatic carbocycles. The Bertz CT molecular complexity index is 950. The zero-order valence-corrected chi connectivity index (χ0v) is 11.9. The lowest BCUT2D eigenvalue weighted by Gasteiger charge is -2.21. The molecule has 0 amide bonds. The van der Waals surface area contributed by atoms with E-state index in [0.29, 0.717) is 17.7 Å². The predicted molar refractivity (Wildman–Crippen MR) is 82.7 cm³/mol. The summed E-state index contributed by atoms with van der Waals surface area (Å²) in [6, 6.07) is 12.4. The summed E-state index contributed by atoms with van der Waals surface area (Å²) < 4.78 is 41.0. The first kappa shape index (κ1) is 13.9. The molecule has 114 valence electrons. The third-order valence-electron chi connectivity index (χ3n) is 4.08. The molecule has 1 aliphatic rings. The first-order valence-corrected chi connectivity index (χ1v) is 7.21. The summed E-state index contributed by atoms with van der Waals surface area (Å²) in [5.74, 6) is -4.30. The van der Waals surface area contributed by atoms with E-state index in [1.165, 1.54) is 6.21 Å². The maximum atomic E-state index is 13.9. The molecule has 0 saturated carbocycles. The van der Waals surface area contributed by atoms with Gasteiger partial charge in [-0.1, -0.05) is 24.3 Å². The summed E-state index contributed by atoms with van der Waals surface area (Å²) in [4.78, 5) is 8.48. The number of rotatable bonds is 1. The number of aliphatic imine (C=N–C) groups is 1. The smallest absolute Gasteiger partial charge is 0.196 e. The molecule has 23 heavy (non-hydrogen) atoms. The molecule has 0 fully saturated rings. The van der Waals surface area contributed by atoms with E-state index in [9.17, 15) is 13.2 Å². The normalized spacial score (nSPS) is 16.6. The van der Waals surface area contributed by atoms with Gasteiger partial charge in [0.15, 0.2) is 17.5 Å². The molecular formula is C18H11F3N2. The number of aromatic nitrogens is 1. The Kier molecular flexibility index (Phi) is 3.15. The SMILES string of the molecule is Fc1cc2c(c(F)c1F)N=CCC2c1ccc2ccccc2n1. The molecule has 0 saturated heterocycles. The molecule has 1 unspecified atom stereocenters. The Balaban J connectivity index is 1.89. The molecule has 2 nitrogen and oxygen atoms in total. The molecule has 0 bridgehead atoms. The fourth-order valence-electron chi connectivity index (χ4n) is 2.93. The summed E-state index contributed by atoms with van der Waals surface area (Å²) in [7, 11) is 0. The minimum absolute atomic E-state index is 0.143. The Morgan fingerprint density at radius 3 is 2.65 bits per heavy atom. The van der Waals surface area contributed by atoms with Crippen LogP contribution in [-0.2, 0) is 0 Å². The number of hydrogen-bond donors (Lipinski definition) is 0. The van der Waals surface area contributed by atoms with Gasteiger partial charge in [-0.15, -0.1) is 0 Å². The van der Waals surface area contributed by atoms with Gasteiger partial charge in [0, 0.05) is 23.2 Å². The quantitative estimate of drug-likeness (QED) is 0.587. The average molecular weight is 312 g/mol. The van der Waals surface area contributed by atoms with Crippen molar-refractivity contribution in [2.24, 2.45) is 4.99 Å². The van der Waals surface area contributed by atoms with E-state index in [4.69, 9.17) is 0 Å². The largest absolute Gasteiger partial charge is 0.258 e. The summed E-state index contributed by atoms with van der Waals surface area (Å²) in [6.07, 6.45) is 1.98. The third-order valence-corrected chi connectivity index (χ3v) is 4.08. The Morgan fingerprint density at radius 2 is 1.78 bits per heavy atom. The number of pyridine rings is 1. The summed E-state index contributed by atoms with van der Waals surface area (Å²) in [5, 5.41) is 0.984. The van der Waals surface area contributed by atoms with E-state index in [1.807, 2.05) is 36.4 Å². The number of benzene rings is 2. The molecule has 1 atom stereocenters. The first-order chi connectivity index (χ1) is 11.1. The van der Waals surface area contributed by atoms with Crippen molar-refractivity contribution < 1.29 is 13.2 Å². The van der Waals surface area contributed by atoms with Crippen molar-refractivity contribution in [3.05, 3.63) is 71.2 Å². The second-order valence-corrected chi connectivity index (χ2v) is 5.45. The molecule has 3 aromatic rings. The van der Waals surface area contributed by atoms with Crippen LogP contribution >= 0.6 is 0 Å². The molecule has 5 heteroatoms. The summed E-state index contributed by atoms with van der Waals surface area (Å²) in [5.41, 5.74) is 1.67. The molecule has 1 aliphatic heterocycles. The van der Waals surface area contributed by atoms with E-state index < -0.39 is 17.5 Å². The van der Waals surface area contributed by atoms with Gasteiger partial charge in [0.1, 0.15) is 5.69 Å². The maximum Gasteiger partial charge on any atom is 0.196 e. The van der Waals surface area contributed by atoms with Gasteiger partial charge in [-0.25, -0.2) is 13.2 Å². The van der Waals surface area contributed by atoms with Gasteiger partial charge in [-0.3, -0.25) is 9.98 Å². The summed E-state index contributed by atoms with van der Waals surface area (Å²) >= 11 is 0. The highest BCUT2D eigenvalue weighted by Crippen LogP contribution is 2.40. The Labute approximate surface area is 130 Å². The van der Waals surface area contributed by atoms with Crippen LogP contribution in [0.25, 0.3) is 10.9 Å². The number of hydrogen-bond acceptors (Lipinski definition) is 2. The van der Waals surface area contributed by atoms with Gasteiger partial charge in [0.05, 0.1) is 5.52 Å². The van der Waals surface area contributed by atoms with Crippen LogP contribution in [0.2, 0.25) is 0 Å². The number of nitrogens with zero attached hydrogens (tertiary/aromatic N) is 2. The highest BCUT2D eigenvalue weighted by molar-refractivity contribution is 5.79. The fraction of sp³-hybridized carbons (Fsp3) is 0.111. The molecule has 4 rings (SSSR count). The van der Waals surface area contributed by atoms with Gasteiger partial charge in [0.25, 0.3) is 0 Å². The van der Waals surface area contributed by atoms with Crippen LogP contribution in [0.4, 0.5) is 18.9 Å². The second kappa shape index (κ2) is 5.19. The first-order valence-electron chi connectivity index (χ1n) is 7.21. The lowest BCUT2D eigenvalue weighted by molar-refractivity contribution is 0.445. The summed E-state index contributed by atoms with van der Waals surface area (Å²) in [6.45, 7) is 0. The molecule has 0 spiro atoms. The van der Waals surface area contributed by atoms with Crippen LogP contribution in [0, 0.1) is 17.5 Å². The molecule has 0 radical (unpaired) electrons. The van der Waals surface area contributed by atoms with E-state index >= 15 is 0 Å². The van der Waals surface area contributed by atoms with Crippen LogP contribution in [0.3, 0.4) is 0 Å². The zero-order valence-electron chi connectivity index (χ0n) is 11.9. The fourth-order valence-corrected chi connectivity index (χ4v) is 2.93. The topological polar surface area (TPSA) is 25.2 Å². The predicted octanol–water partition coefficient (Wildman–Crippen LogP) is 4.89. The molecule has 2 heterocycles. The Morgan fingerprint density at radius 1 is 0.957 bits per heavy atom. The molecule has 2 aromatic carbocycles. The lowest BCUT2D eigenvalue weighted by atomic mass is 9.88. The number of halogens is 3. The van der Waals surface area contributed by atoms with Gasteiger partial charge in [-0.05, 0) is 30.2 Å². The number of fused-ring (bicyclic) bond motifs is 2. The minimum atomic E-state index is -1.49. The monoisotopic (exact) mass is 312 g/mol. The maximum absolute atomic E-state index is 13.9. The van der Waals surface area contributed by atoms with Crippen molar-refractivity contribution in [1.29, 1.82) is 0 Å². The van der Waals surface area contributed by atoms with Crippen LogP contribution in [0.15, 0.2) is 47.5 Å². The highest BCUT2D eigenvalue weighted by Gasteiger charge is 2.27. The van der Waals surface area contributed by atoms with Gasteiger partial charge in [-0.2, -0.15) is 0 Å². The Hall–Kier alpha value is -2.69. The highest BCUT2D eigenvalue weighted by atomic mass is 19.2. The van der Waals surface area contributed by atoms with Crippen LogP contribution in [0.5, 0.6) is 0 Å². The third kappa shape index (κ3) is 2.20. The zero-order chi connectivity index (χ0) is 16.0. The minimum Gasteiger partial charge on any atom is -0.258 e. The van der Waals surface area contributed by atoms with Crippen LogP contribution < -0.4 is 0 Å². The van der Waals surface area contributed by atoms with Crippen molar-refractivity contribution in [1.82, 2.24) is 4.98 Å². The van der Waals surface area contributed by atoms with Crippen LogP contribution in [0.1, 0.15) is 23.6 Å². The van der Waals surface area contributed by atoms with E-state index in [-0.39, 0.29) is 11.6 Å². The molecule has 0 N–H and O–H groups in total. The van der Waals surface area contributed by atoms with Crippen molar-refractivity contribution in [2.75, 3.05) is 0 Å². The van der Waals surface area contributed by atoms with Crippen molar-refractivity contribution in [3.63, 3.8) is 0 Å². The van der Waals surface area contributed by atoms with E-state index in [0.717, 1.165) is 17.0 Å². The van der Waals surface area contributed by atoms with E-state index in [1.54, 1.807) is 0 Å². The standard InChI is InChI=1S/C18H11F3N2/c19-13-9-12-11(7-8-22-18(12)17(21)16(13)20)15-6-5-10-3-1-2-4-14(10)23-15/h1-6,8-9,11H,7H2. The second-order valence-electron chi connectivity index (χ2n) is 5.45.